The Morgan fingerprint density at radius 1 is 0.750 bits per heavy atom. The molecule has 2 fully saturated rings. The number of likely N-dealkylation sites (N-methyl/N-ethyl adjacent to an activating group) is 4. The maximum atomic E-state index is 15.0. The second-order valence-electron chi connectivity index (χ2n) is 15.9. The number of anilines is 3. The molecule has 0 spiro atoms. The van der Waals surface area contributed by atoms with Crippen LogP contribution in [-0.4, -0.2) is 95.6 Å². The van der Waals surface area contributed by atoms with Gasteiger partial charge in [0.2, 0.25) is 15.9 Å². The third-order valence-electron chi connectivity index (χ3n) is 13.6. The van der Waals surface area contributed by atoms with Crippen LogP contribution in [0.2, 0.25) is 0 Å². The van der Waals surface area contributed by atoms with E-state index in [1.807, 2.05) is 44.3 Å². The lowest BCUT2D eigenvalue weighted by Gasteiger charge is -2.49. The Kier molecular flexibility index (Phi) is 7.36. The summed E-state index contributed by atoms with van der Waals surface area (Å²) in [5, 5.41) is 4.10. The van der Waals surface area contributed by atoms with E-state index in [4.69, 9.17) is 0 Å². The summed E-state index contributed by atoms with van der Waals surface area (Å²) < 4.78 is 29.2. The van der Waals surface area contributed by atoms with Crippen LogP contribution in [0.4, 0.5) is 17.1 Å². The number of aryl methyl sites for hydroxylation is 1. The fourth-order valence-electron chi connectivity index (χ4n) is 11.3. The second kappa shape index (κ2) is 11.4. The van der Waals surface area contributed by atoms with Gasteiger partial charge in [0.05, 0.1) is 17.2 Å². The van der Waals surface area contributed by atoms with Gasteiger partial charge in [-0.2, -0.15) is 0 Å². The fourth-order valence-corrected chi connectivity index (χ4v) is 12.4. The maximum Gasteiger partial charge on any atom is 0.242 e. The molecule has 4 aromatic rings. The number of carbonyl (C=O) groups excluding carboxylic acids is 1. The smallest absolute Gasteiger partial charge is 0.242 e. The van der Waals surface area contributed by atoms with Gasteiger partial charge in [-0.05, 0) is 86.8 Å². The van der Waals surface area contributed by atoms with Crippen molar-refractivity contribution in [3.8, 4) is 0 Å². The molecule has 10 heteroatoms. The molecule has 1 amide bonds. The zero-order valence-corrected chi connectivity index (χ0v) is 31.7. The van der Waals surface area contributed by atoms with Crippen LogP contribution in [0.1, 0.15) is 47.1 Å². The Balaban J connectivity index is 1.23. The van der Waals surface area contributed by atoms with Crippen molar-refractivity contribution < 1.29 is 13.2 Å². The molecule has 5 heterocycles. The quantitative estimate of drug-likeness (QED) is 0.277. The molecule has 2 saturated heterocycles. The molecule has 52 heavy (non-hydrogen) atoms. The van der Waals surface area contributed by atoms with Gasteiger partial charge in [0.25, 0.3) is 0 Å². The first-order valence-electron chi connectivity index (χ1n) is 18.5. The minimum atomic E-state index is -3.79. The third kappa shape index (κ3) is 4.04. The van der Waals surface area contributed by atoms with E-state index in [1.165, 1.54) is 21.1 Å². The van der Waals surface area contributed by atoms with Crippen molar-refractivity contribution >= 4 is 33.0 Å². The van der Waals surface area contributed by atoms with Crippen LogP contribution in [0.5, 0.6) is 0 Å². The molecule has 0 aromatic heterocycles. The molecule has 0 saturated carbocycles. The van der Waals surface area contributed by atoms with Gasteiger partial charge < -0.3 is 15.1 Å². The average molecular weight is 717 g/mol. The van der Waals surface area contributed by atoms with Gasteiger partial charge in [0.1, 0.15) is 5.41 Å². The number of para-hydroxylation sites is 3. The standard InChI is InChI=1S/C42H48N6O3S/c1-28-18-20-29(21-19-28)52(50,51)46(4)27-22-40(30-12-7-9-16-34(30)48(6)39(40)49)32-14-11-15-33-36(32)43-37-41(33,23-25-44(37)2)42-24-26-45(3)38(42)47(5)35-17-10-8-13-31(35)42/h7-21,37-38,43H,22-27H2,1-6H3/t37-,38+,40+,41+,42+/m0/s1. The molecule has 5 aliphatic heterocycles. The van der Waals surface area contributed by atoms with Gasteiger partial charge in [0.15, 0.2) is 0 Å². The number of likely N-dealkylation sites (tertiary alicyclic amines) is 2. The van der Waals surface area contributed by atoms with Crippen molar-refractivity contribution in [1.82, 2.24) is 14.1 Å². The molecule has 0 radical (unpaired) electrons. The van der Waals surface area contributed by atoms with E-state index >= 15 is 4.79 Å². The van der Waals surface area contributed by atoms with Gasteiger partial charge >= 0.3 is 0 Å². The molecule has 5 aliphatic rings. The van der Waals surface area contributed by atoms with E-state index < -0.39 is 15.4 Å². The van der Waals surface area contributed by atoms with Crippen LogP contribution in [-0.2, 0) is 31.1 Å². The highest BCUT2D eigenvalue weighted by Crippen LogP contribution is 2.68. The summed E-state index contributed by atoms with van der Waals surface area (Å²) in [5.74, 6) is -0.0351. The summed E-state index contributed by atoms with van der Waals surface area (Å²) in [6.45, 7) is 4.07. The molecule has 1 N–H and O–H groups in total. The van der Waals surface area contributed by atoms with Crippen molar-refractivity contribution in [2.75, 3.05) is 70.0 Å². The Bertz CT molecular complexity index is 2230. The third-order valence-corrected chi connectivity index (χ3v) is 15.5. The lowest BCUT2D eigenvalue weighted by Crippen LogP contribution is -2.61. The lowest BCUT2D eigenvalue weighted by atomic mass is 9.54. The van der Waals surface area contributed by atoms with E-state index in [2.05, 4.69) is 89.7 Å². The molecule has 5 atom stereocenters. The Morgan fingerprint density at radius 3 is 2.12 bits per heavy atom. The van der Waals surface area contributed by atoms with Gasteiger partial charge in [-0.1, -0.05) is 72.3 Å². The molecule has 270 valence electrons. The summed E-state index contributed by atoms with van der Waals surface area (Å²) in [6.07, 6.45) is 2.51. The van der Waals surface area contributed by atoms with Crippen LogP contribution in [0.15, 0.2) is 95.9 Å². The van der Waals surface area contributed by atoms with E-state index in [9.17, 15) is 8.42 Å². The number of fused-ring (bicyclic) bond motifs is 8. The van der Waals surface area contributed by atoms with Gasteiger partial charge in [-0.15, -0.1) is 0 Å². The van der Waals surface area contributed by atoms with Crippen LogP contribution < -0.4 is 15.1 Å². The Labute approximate surface area is 307 Å². The van der Waals surface area contributed by atoms with E-state index in [1.54, 1.807) is 24.1 Å². The minimum absolute atomic E-state index is 0.0170. The lowest BCUT2D eigenvalue weighted by molar-refractivity contribution is -0.121. The fraction of sp³-hybridized carbons (Fsp3) is 0.405. The Hall–Kier alpha value is -4.22. The predicted molar refractivity (Wildman–Crippen MR) is 207 cm³/mol. The first-order valence-corrected chi connectivity index (χ1v) is 19.9. The number of carbonyl (C=O) groups is 1. The molecule has 9 rings (SSSR count). The number of hydrogen-bond acceptors (Lipinski definition) is 7. The number of nitrogens with one attached hydrogen (secondary N) is 1. The zero-order valence-electron chi connectivity index (χ0n) is 30.9. The number of amides is 1. The second-order valence-corrected chi connectivity index (χ2v) is 17.9. The number of sulfonamides is 1. The maximum absolute atomic E-state index is 15.0. The summed E-state index contributed by atoms with van der Waals surface area (Å²) in [4.78, 5) is 24.6. The highest BCUT2D eigenvalue weighted by molar-refractivity contribution is 7.89. The topological polar surface area (TPSA) is 79.4 Å². The molecular weight excluding hydrogens is 669 g/mol. The monoisotopic (exact) mass is 716 g/mol. The molecule has 0 bridgehead atoms. The highest BCUT2D eigenvalue weighted by Gasteiger charge is 2.72. The van der Waals surface area contributed by atoms with E-state index in [0.717, 1.165) is 54.0 Å². The first-order chi connectivity index (χ1) is 24.9. The Morgan fingerprint density at radius 2 is 1.37 bits per heavy atom. The van der Waals surface area contributed by atoms with Crippen LogP contribution in [0.3, 0.4) is 0 Å². The summed E-state index contributed by atoms with van der Waals surface area (Å²) in [6, 6.07) is 30.6. The van der Waals surface area contributed by atoms with Crippen molar-refractivity contribution in [2.24, 2.45) is 0 Å². The van der Waals surface area contributed by atoms with Crippen molar-refractivity contribution in [3.05, 3.63) is 119 Å². The van der Waals surface area contributed by atoms with Crippen LogP contribution >= 0.6 is 0 Å². The normalized spacial score (nSPS) is 29.3. The van der Waals surface area contributed by atoms with Crippen molar-refractivity contribution in [1.29, 1.82) is 0 Å². The molecule has 9 nitrogen and oxygen atoms in total. The van der Waals surface area contributed by atoms with Gasteiger partial charge in [0, 0.05) is 68.7 Å². The number of nitrogens with zero attached hydrogens (tertiary/aromatic N) is 5. The van der Waals surface area contributed by atoms with Crippen LogP contribution in [0, 0.1) is 6.92 Å². The highest BCUT2D eigenvalue weighted by atomic mass is 32.2. The number of hydrogen-bond donors (Lipinski definition) is 1. The summed E-state index contributed by atoms with van der Waals surface area (Å²) in [7, 11) is 6.42. The summed E-state index contributed by atoms with van der Waals surface area (Å²) >= 11 is 0. The zero-order chi connectivity index (χ0) is 36.4. The molecule has 4 aromatic carbocycles. The van der Waals surface area contributed by atoms with Crippen molar-refractivity contribution in [3.63, 3.8) is 0 Å². The number of rotatable bonds is 7. The van der Waals surface area contributed by atoms with Crippen LogP contribution in [0.25, 0.3) is 0 Å². The first kappa shape index (κ1) is 33.6. The molecule has 0 aliphatic carbocycles. The van der Waals surface area contributed by atoms with E-state index in [-0.39, 0.29) is 40.5 Å². The van der Waals surface area contributed by atoms with E-state index in [0.29, 0.717) is 6.42 Å². The average Bonchev–Trinajstić information content (AvgIpc) is 3.90. The van der Waals surface area contributed by atoms with Crippen molar-refractivity contribution in [2.45, 2.75) is 59.7 Å². The largest absolute Gasteiger partial charge is 0.368 e. The predicted octanol–water partition coefficient (Wildman–Crippen LogP) is 5.34. The van der Waals surface area contributed by atoms with Gasteiger partial charge in [-0.25, -0.2) is 12.7 Å². The molecule has 0 unspecified atom stereocenters. The molecular formula is C42H48N6O3S. The SMILES string of the molecule is Cc1ccc(S(=O)(=O)N(C)CC[C@@]2(c3cccc4c3N[C@H]3N(C)CC[C@@]43[C@@]34CCN(C)[C@@H]3N(C)c3ccccc34)C(=O)N(C)c3ccccc32)cc1. The number of benzene rings is 4. The minimum Gasteiger partial charge on any atom is -0.368 e. The van der Waals surface area contributed by atoms with Gasteiger partial charge in [-0.3, -0.25) is 14.6 Å². The summed E-state index contributed by atoms with van der Waals surface area (Å²) in [5.41, 5.74) is 7.13.